The zero-order valence-electron chi connectivity index (χ0n) is 12.8. The van der Waals surface area contributed by atoms with E-state index < -0.39 is 0 Å². The van der Waals surface area contributed by atoms with Gasteiger partial charge in [-0.2, -0.15) is 0 Å². The quantitative estimate of drug-likeness (QED) is 0.854. The molecule has 2 atom stereocenters. The summed E-state index contributed by atoms with van der Waals surface area (Å²) in [4.78, 5) is 12.2. The van der Waals surface area contributed by atoms with Gasteiger partial charge in [-0.15, -0.1) is 0 Å². The van der Waals surface area contributed by atoms with Crippen molar-refractivity contribution in [2.45, 2.75) is 25.4 Å². The Morgan fingerprint density at radius 3 is 2.52 bits per heavy atom. The van der Waals surface area contributed by atoms with Gasteiger partial charge in [-0.25, -0.2) is 0 Å². The predicted molar refractivity (Wildman–Crippen MR) is 91.4 cm³/mol. The van der Waals surface area contributed by atoms with Crippen LogP contribution in [0.15, 0.2) is 48.5 Å². The zero-order chi connectivity index (χ0) is 16.2. The molecule has 2 aromatic carbocycles. The van der Waals surface area contributed by atoms with E-state index in [1.165, 1.54) is 0 Å². The second kappa shape index (κ2) is 7.16. The maximum absolute atomic E-state index is 12.2. The van der Waals surface area contributed by atoms with Crippen LogP contribution in [-0.4, -0.2) is 17.6 Å². The van der Waals surface area contributed by atoms with Gasteiger partial charge < -0.3 is 10.4 Å². The van der Waals surface area contributed by atoms with Crippen molar-refractivity contribution >= 4 is 17.5 Å². The van der Waals surface area contributed by atoms with Crippen LogP contribution in [0.3, 0.4) is 0 Å². The highest BCUT2D eigenvalue weighted by atomic mass is 35.5. The van der Waals surface area contributed by atoms with Gasteiger partial charge in [0.25, 0.3) is 0 Å². The van der Waals surface area contributed by atoms with E-state index in [4.69, 9.17) is 16.7 Å². The molecule has 2 aromatic rings. The first-order chi connectivity index (χ1) is 11.2. The standard InChI is InChI=1S/C19H20ClNO2/c20-18-4-2-1-3-15(18)16-11-17(16)19(23)21-10-9-13-5-7-14(12-22)8-6-13/h1-8,16-17,22H,9-12H2,(H,21,23). The third kappa shape index (κ3) is 3.92. The molecule has 120 valence electrons. The smallest absolute Gasteiger partial charge is 0.223 e. The average Bonchev–Trinajstić information content (AvgIpc) is 3.36. The molecule has 0 aliphatic heterocycles. The summed E-state index contributed by atoms with van der Waals surface area (Å²) in [6, 6.07) is 15.5. The molecule has 3 rings (SSSR count). The number of carbonyl (C=O) groups excluding carboxylic acids is 1. The van der Waals surface area contributed by atoms with E-state index in [1.54, 1.807) is 0 Å². The summed E-state index contributed by atoms with van der Waals surface area (Å²) in [5, 5.41) is 12.8. The third-order valence-corrected chi connectivity index (χ3v) is 4.69. The summed E-state index contributed by atoms with van der Waals surface area (Å²) in [7, 11) is 0. The molecule has 1 aliphatic rings. The maximum atomic E-state index is 12.2. The second-order valence-corrected chi connectivity index (χ2v) is 6.39. The van der Waals surface area contributed by atoms with Gasteiger partial charge in [-0.1, -0.05) is 54.1 Å². The lowest BCUT2D eigenvalue weighted by Gasteiger charge is -2.07. The molecule has 2 N–H and O–H groups in total. The van der Waals surface area contributed by atoms with Crippen LogP contribution < -0.4 is 5.32 Å². The lowest BCUT2D eigenvalue weighted by molar-refractivity contribution is -0.122. The number of hydrogen-bond donors (Lipinski definition) is 2. The van der Waals surface area contributed by atoms with Crippen molar-refractivity contribution in [3.05, 3.63) is 70.2 Å². The molecule has 1 amide bonds. The highest BCUT2D eigenvalue weighted by Crippen LogP contribution is 2.49. The molecule has 0 saturated heterocycles. The SMILES string of the molecule is O=C(NCCc1ccc(CO)cc1)C1CC1c1ccccc1Cl. The van der Waals surface area contributed by atoms with Gasteiger partial charge in [0.15, 0.2) is 0 Å². The number of carbonyl (C=O) groups is 1. The van der Waals surface area contributed by atoms with Crippen LogP contribution in [0.5, 0.6) is 0 Å². The zero-order valence-corrected chi connectivity index (χ0v) is 13.6. The molecule has 0 bridgehead atoms. The van der Waals surface area contributed by atoms with Gasteiger partial charge in [0, 0.05) is 17.5 Å². The summed E-state index contributed by atoms with van der Waals surface area (Å²) >= 11 is 6.19. The van der Waals surface area contributed by atoms with Crippen LogP contribution in [0.25, 0.3) is 0 Å². The molecule has 2 unspecified atom stereocenters. The van der Waals surface area contributed by atoms with Gasteiger partial charge in [-0.05, 0) is 41.5 Å². The van der Waals surface area contributed by atoms with Crippen molar-refractivity contribution in [3.63, 3.8) is 0 Å². The Labute approximate surface area is 141 Å². The van der Waals surface area contributed by atoms with Crippen molar-refractivity contribution in [1.82, 2.24) is 5.32 Å². The van der Waals surface area contributed by atoms with Gasteiger partial charge in [0.2, 0.25) is 5.91 Å². The Balaban J connectivity index is 1.46. The van der Waals surface area contributed by atoms with E-state index in [0.29, 0.717) is 6.54 Å². The molecule has 0 radical (unpaired) electrons. The highest BCUT2D eigenvalue weighted by molar-refractivity contribution is 6.31. The lowest BCUT2D eigenvalue weighted by Crippen LogP contribution is -2.27. The summed E-state index contributed by atoms with van der Waals surface area (Å²) in [5.74, 6) is 0.418. The Kier molecular flexibility index (Phi) is 4.99. The lowest BCUT2D eigenvalue weighted by atomic mass is 10.1. The molecule has 4 heteroatoms. The topological polar surface area (TPSA) is 49.3 Å². The van der Waals surface area contributed by atoms with Crippen LogP contribution in [0.2, 0.25) is 5.02 Å². The molecule has 23 heavy (non-hydrogen) atoms. The second-order valence-electron chi connectivity index (χ2n) is 5.99. The van der Waals surface area contributed by atoms with E-state index in [1.807, 2.05) is 48.5 Å². The van der Waals surface area contributed by atoms with E-state index in [-0.39, 0.29) is 24.3 Å². The van der Waals surface area contributed by atoms with Crippen LogP contribution in [0.4, 0.5) is 0 Å². The summed E-state index contributed by atoms with van der Waals surface area (Å²) in [6.45, 7) is 0.686. The molecule has 3 nitrogen and oxygen atoms in total. The van der Waals surface area contributed by atoms with Crippen molar-refractivity contribution in [2.75, 3.05) is 6.54 Å². The Morgan fingerprint density at radius 1 is 1.13 bits per heavy atom. The number of benzene rings is 2. The normalized spacial score (nSPS) is 19.4. The number of aliphatic hydroxyl groups excluding tert-OH is 1. The minimum Gasteiger partial charge on any atom is -0.392 e. The Bertz CT molecular complexity index is 684. The molecular weight excluding hydrogens is 310 g/mol. The Hall–Kier alpha value is -1.84. The summed E-state index contributed by atoms with van der Waals surface area (Å²) in [5.41, 5.74) is 3.13. The number of aliphatic hydroxyl groups is 1. The summed E-state index contributed by atoms with van der Waals surface area (Å²) < 4.78 is 0. The van der Waals surface area contributed by atoms with E-state index in [9.17, 15) is 4.79 Å². The molecule has 0 heterocycles. The molecule has 1 fully saturated rings. The van der Waals surface area contributed by atoms with Crippen molar-refractivity contribution < 1.29 is 9.90 Å². The van der Waals surface area contributed by atoms with E-state index in [2.05, 4.69) is 5.32 Å². The fraction of sp³-hybridized carbons (Fsp3) is 0.316. The molecule has 1 saturated carbocycles. The van der Waals surface area contributed by atoms with Gasteiger partial charge in [0.1, 0.15) is 0 Å². The molecule has 0 aromatic heterocycles. The highest BCUT2D eigenvalue weighted by Gasteiger charge is 2.44. The van der Waals surface area contributed by atoms with Crippen LogP contribution in [0, 0.1) is 5.92 Å². The van der Waals surface area contributed by atoms with Crippen LogP contribution >= 0.6 is 11.6 Å². The first kappa shape index (κ1) is 16.0. The molecule has 1 aliphatic carbocycles. The van der Waals surface area contributed by atoms with Crippen LogP contribution in [0.1, 0.15) is 29.0 Å². The number of nitrogens with one attached hydrogen (secondary N) is 1. The number of amides is 1. The van der Waals surface area contributed by atoms with Crippen molar-refractivity contribution in [3.8, 4) is 0 Å². The average molecular weight is 330 g/mol. The van der Waals surface area contributed by atoms with Gasteiger partial charge >= 0.3 is 0 Å². The number of halogens is 1. The fourth-order valence-electron chi connectivity index (χ4n) is 2.88. The number of rotatable bonds is 6. The van der Waals surface area contributed by atoms with Gasteiger partial charge in [-0.3, -0.25) is 4.79 Å². The van der Waals surface area contributed by atoms with Gasteiger partial charge in [0.05, 0.1) is 6.61 Å². The molecular formula is C19H20ClNO2. The molecule has 0 spiro atoms. The minimum atomic E-state index is 0.0478. The largest absolute Gasteiger partial charge is 0.392 e. The fourth-order valence-corrected chi connectivity index (χ4v) is 3.15. The predicted octanol–water partition coefficient (Wildman–Crippen LogP) is 3.29. The van der Waals surface area contributed by atoms with E-state index in [0.717, 1.165) is 34.6 Å². The third-order valence-electron chi connectivity index (χ3n) is 4.35. The van der Waals surface area contributed by atoms with Crippen molar-refractivity contribution in [1.29, 1.82) is 0 Å². The Morgan fingerprint density at radius 2 is 1.83 bits per heavy atom. The van der Waals surface area contributed by atoms with Crippen LogP contribution in [-0.2, 0) is 17.8 Å². The first-order valence-electron chi connectivity index (χ1n) is 7.90. The number of hydrogen-bond acceptors (Lipinski definition) is 2. The summed E-state index contributed by atoms with van der Waals surface area (Å²) in [6.07, 6.45) is 1.67. The monoisotopic (exact) mass is 329 g/mol. The maximum Gasteiger partial charge on any atom is 0.223 e. The first-order valence-corrected chi connectivity index (χ1v) is 8.27. The van der Waals surface area contributed by atoms with Crippen molar-refractivity contribution in [2.24, 2.45) is 5.92 Å². The minimum absolute atomic E-state index is 0.0478. The van der Waals surface area contributed by atoms with E-state index >= 15 is 0 Å².